The Hall–Kier alpha value is -1.23. The molecule has 1 fully saturated rings. The first-order chi connectivity index (χ1) is 9.20. The lowest BCUT2D eigenvalue weighted by molar-refractivity contribution is 0.315. The highest BCUT2D eigenvalue weighted by Gasteiger charge is 2.16. The average molecular weight is 281 g/mol. The molecule has 0 radical (unpaired) electrons. The van der Waals surface area contributed by atoms with Crippen LogP contribution in [0, 0.1) is 11.7 Å². The van der Waals surface area contributed by atoms with Crippen molar-refractivity contribution in [3.63, 3.8) is 0 Å². The molecular formula is C14H20FN3S. The fourth-order valence-electron chi connectivity index (χ4n) is 2.05. The number of hydrogen-bond acceptors (Lipinski definition) is 2. The predicted octanol–water partition coefficient (Wildman–Crippen LogP) is 2.75. The van der Waals surface area contributed by atoms with E-state index in [0.29, 0.717) is 11.5 Å². The Morgan fingerprint density at radius 3 is 2.95 bits per heavy atom. The van der Waals surface area contributed by atoms with Crippen LogP contribution in [0.3, 0.4) is 0 Å². The second-order valence-electron chi connectivity index (χ2n) is 4.80. The summed E-state index contributed by atoms with van der Waals surface area (Å²) in [5.41, 5.74) is 6.41. The van der Waals surface area contributed by atoms with Gasteiger partial charge in [-0.1, -0.05) is 12.5 Å². The average Bonchev–Trinajstić information content (AvgIpc) is 2.35. The first-order valence-corrected chi connectivity index (χ1v) is 7.78. The molecule has 1 aromatic carbocycles. The maximum atomic E-state index is 13.7. The van der Waals surface area contributed by atoms with E-state index in [4.69, 9.17) is 5.73 Å². The van der Waals surface area contributed by atoms with Crippen molar-refractivity contribution < 1.29 is 4.39 Å². The zero-order chi connectivity index (χ0) is 13.7. The molecule has 0 aromatic heterocycles. The number of benzene rings is 1. The second-order valence-corrected chi connectivity index (χ2v) is 5.65. The van der Waals surface area contributed by atoms with Crippen LogP contribution < -0.4 is 11.1 Å². The molecule has 3 nitrogen and oxygen atoms in total. The van der Waals surface area contributed by atoms with E-state index in [1.165, 1.54) is 37.1 Å². The SMILES string of the molecule is CSc1cccc(F)c1CN=C(N)NCC1CCC1. The minimum Gasteiger partial charge on any atom is -0.370 e. The smallest absolute Gasteiger partial charge is 0.188 e. The number of aliphatic imine (C=N–C) groups is 1. The summed E-state index contributed by atoms with van der Waals surface area (Å²) in [7, 11) is 0. The van der Waals surface area contributed by atoms with E-state index < -0.39 is 0 Å². The molecular weight excluding hydrogens is 261 g/mol. The predicted molar refractivity (Wildman–Crippen MR) is 78.9 cm³/mol. The largest absolute Gasteiger partial charge is 0.370 e. The number of thioether (sulfide) groups is 1. The normalized spacial score (nSPS) is 16.2. The monoisotopic (exact) mass is 281 g/mol. The Balaban J connectivity index is 1.92. The molecule has 0 spiro atoms. The lowest BCUT2D eigenvalue weighted by Gasteiger charge is -2.25. The van der Waals surface area contributed by atoms with Crippen molar-refractivity contribution >= 4 is 17.7 Å². The Bertz CT molecular complexity index is 458. The van der Waals surface area contributed by atoms with Gasteiger partial charge in [0.25, 0.3) is 0 Å². The summed E-state index contributed by atoms with van der Waals surface area (Å²) >= 11 is 1.52. The Kier molecular flexibility index (Phi) is 5.07. The van der Waals surface area contributed by atoms with Gasteiger partial charge in [0, 0.05) is 17.0 Å². The molecule has 1 aliphatic rings. The van der Waals surface area contributed by atoms with Gasteiger partial charge in [0.05, 0.1) is 6.54 Å². The minimum absolute atomic E-state index is 0.220. The summed E-state index contributed by atoms with van der Waals surface area (Å²) in [5, 5.41) is 3.11. The lowest BCUT2D eigenvalue weighted by atomic mass is 9.85. The molecule has 0 heterocycles. The summed E-state index contributed by atoms with van der Waals surface area (Å²) in [5.74, 6) is 0.911. The summed E-state index contributed by atoms with van der Waals surface area (Å²) in [4.78, 5) is 5.14. The molecule has 0 unspecified atom stereocenters. The van der Waals surface area contributed by atoms with Crippen LogP contribution >= 0.6 is 11.8 Å². The van der Waals surface area contributed by atoms with Crippen molar-refractivity contribution in [2.75, 3.05) is 12.8 Å². The van der Waals surface area contributed by atoms with E-state index in [1.54, 1.807) is 6.07 Å². The van der Waals surface area contributed by atoms with Crippen LogP contribution in [-0.2, 0) is 6.54 Å². The second kappa shape index (κ2) is 6.80. The van der Waals surface area contributed by atoms with Crippen LogP contribution in [0.5, 0.6) is 0 Å². The maximum Gasteiger partial charge on any atom is 0.188 e. The minimum atomic E-state index is -0.220. The Morgan fingerprint density at radius 1 is 1.53 bits per heavy atom. The molecule has 1 aliphatic carbocycles. The number of rotatable bonds is 5. The molecule has 0 saturated heterocycles. The zero-order valence-corrected chi connectivity index (χ0v) is 12.0. The van der Waals surface area contributed by atoms with E-state index in [2.05, 4.69) is 10.3 Å². The van der Waals surface area contributed by atoms with Crippen molar-refractivity contribution in [3.05, 3.63) is 29.6 Å². The van der Waals surface area contributed by atoms with E-state index in [-0.39, 0.29) is 12.4 Å². The van der Waals surface area contributed by atoms with Crippen LogP contribution in [0.2, 0.25) is 0 Å². The van der Waals surface area contributed by atoms with Crippen LogP contribution in [0.25, 0.3) is 0 Å². The lowest BCUT2D eigenvalue weighted by Crippen LogP contribution is -2.37. The van der Waals surface area contributed by atoms with E-state index in [9.17, 15) is 4.39 Å². The van der Waals surface area contributed by atoms with Gasteiger partial charge in [-0.2, -0.15) is 0 Å². The van der Waals surface area contributed by atoms with Crippen molar-refractivity contribution in [1.29, 1.82) is 0 Å². The van der Waals surface area contributed by atoms with E-state index in [0.717, 1.165) is 17.4 Å². The van der Waals surface area contributed by atoms with Crippen molar-refractivity contribution in [2.24, 2.45) is 16.6 Å². The van der Waals surface area contributed by atoms with Gasteiger partial charge in [0.15, 0.2) is 5.96 Å². The quantitative estimate of drug-likeness (QED) is 0.496. The number of halogens is 1. The highest BCUT2D eigenvalue weighted by molar-refractivity contribution is 7.98. The molecule has 0 atom stereocenters. The third-order valence-corrected chi connectivity index (χ3v) is 4.32. The molecule has 19 heavy (non-hydrogen) atoms. The molecule has 3 N–H and O–H groups in total. The van der Waals surface area contributed by atoms with E-state index in [1.807, 2.05) is 12.3 Å². The number of guanidine groups is 1. The van der Waals surface area contributed by atoms with Gasteiger partial charge in [0.2, 0.25) is 0 Å². The summed E-state index contributed by atoms with van der Waals surface area (Å²) in [6, 6.07) is 5.08. The van der Waals surface area contributed by atoms with Gasteiger partial charge in [-0.05, 0) is 37.1 Å². The van der Waals surface area contributed by atoms with Crippen LogP contribution in [0.15, 0.2) is 28.1 Å². The van der Waals surface area contributed by atoms with Crippen molar-refractivity contribution in [1.82, 2.24) is 5.32 Å². The highest BCUT2D eigenvalue weighted by Crippen LogP contribution is 2.25. The highest BCUT2D eigenvalue weighted by atomic mass is 32.2. The molecule has 0 bridgehead atoms. The first-order valence-electron chi connectivity index (χ1n) is 6.56. The van der Waals surface area contributed by atoms with Crippen LogP contribution in [0.1, 0.15) is 24.8 Å². The number of nitrogens with two attached hydrogens (primary N) is 1. The molecule has 1 saturated carbocycles. The topological polar surface area (TPSA) is 50.4 Å². The van der Waals surface area contributed by atoms with Gasteiger partial charge in [-0.15, -0.1) is 11.8 Å². The Labute approximate surface area is 117 Å². The third-order valence-electron chi connectivity index (χ3n) is 3.50. The standard InChI is InChI=1S/C14H20FN3S/c1-19-13-7-3-6-12(15)11(13)9-18-14(16)17-8-10-4-2-5-10/h3,6-7,10H,2,4-5,8-9H2,1H3,(H3,16,17,18). The Morgan fingerprint density at radius 2 is 2.32 bits per heavy atom. The number of hydrogen-bond donors (Lipinski definition) is 2. The van der Waals surface area contributed by atoms with Crippen molar-refractivity contribution in [2.45, 2.75) is 30.7 Å². The first kappa shape index (κ1) is 14.2. The fraction of sp³-hybridized carbons (Fsp3) is 0.500. The molecule has 1 aromatic rings. The third kappa shape index (κ3) is 3.86. The molecule has 2 rings (SSSR count). The van der Waals surface area contributed by atoms with Gasteiger partial charge in [-0.3, -0.25) is 0 Å². The van der Waals surface area contributed by atoms with Crippen molar-refractivity contribution in [3.8, 4) is 0 Å². The molecule has 5 heteroatoms. The zero-order valence-electron chi connectivity index (χ0n) is 11.2. The molecule has 104 valence electrons. The van der Waals surface area contributed by atoms with E-state index >= 15 is 0 Å². The summed E-state index contributed by atoms with van der Waals surface area (Å²) in [6.45, 7) is 1.16. The van der Waals surface area contributed by atoms with Gasteiger partial charge in [0.1, 0.15) is 5.82 Å². The summed E-state index contributed by atoms with van der Waals surface area (Å²) in [6.07, 6.45) is 5.78. The van der Waals surface area contributed by atoms with Gasteiger partial charge in [-0.25, -0.2) is 9.38 Å². The van der Waals surface area contributed by atoms with Crippen LogP contribution in [0.4, 0.5) is 4.39 Å². The number of nitrogens with one attached hydrogen (secondary N) is 1. The maximum absolute atomic E-state index is 13.7. The molecule has 0 aliphatic heterocycles. The van der Waals surface area contributed by atoms with Crippen LogP contribution in [-0.4, -0.2) is 18.8 Å². The molecule has 0 amide bonds. The van der Waals surface area contributed by atoms with Gasteiger partial charge < -0.3 is 11.1 Å². The van der Waals surface area contributed by atoms with Gasteiger partial charge >= 0.3 is 0 Å². The fourth-order valence-corrected chi connectivity index (χ4v) is 2.67. The number of nitrogens with zero attached hydrogens (tertiary/aromatic N) is 1. The summed E-state index contributed by atoms with van der Waals surface area (Å²) < 4.78 is 13.7.